The van der Waals surface area contributed by atoms with Gasteiger partial charge >= 0.3 is 5.97 Å². The van der Waals surface area contributed by atoms with Crippen LogP contribution in [0.1, 0.15) is 45.7 Å². The maximum Gasteiger partial charge on any atom is 0.312 e. The first kappa shape index (κ1) is 15.7. The van der Waals surface area contributed by atoms with Gasteiger partial charge < -0.3 is 9.84 Å². The Morgan fingerprint density at radius 2 is 1.63 bits per heavy atom. The van der Waals surface area contributed by atoms with Crippen molar-refractivity contribution in [2.24, 2.45) is 5.92 Å². The van der Waals surface area contributed by atoms with Crippen molar-refractivity contribution in [2.45, 2.75) is 52.7 Å². The summed E-state index contributed by atoms with van der Waals surface area (Å²) < 4.78 is 5.33. The highest BCUT2D eigenvalue weighted by Gasteiger charge is 2.37. The van der Waals surface area contributed by atoms with Crippen molar-refractivity contribution < 1.29 is 14.6 Å². The van der Waals surface area contributed by atoms with Crippen LogP contribution in [0, 0.1) is 12.8 Å². The number of carbonyl (C=O) groups is 1. The van der Waals surface area contributed by atoms with Gasteiger partial charge in [0, 0.05) is 0 Å². The Hall–Kier alpha value is -1.35. The molecule has 0 aliphatic rings. The quantitative estimate of drug-likeness (QED) is 0.853. The molecule has 2 atom stereocenters. The number of ether oxygens (including phenoxy) is 1. The van der Waals surface area contributed by atoms with Crippen LogP contribution in [-0.4, -0.2) is 16.7 Å². The molecule has 19 heavy (non-hydrogen) atoms. The van der Waals surface area contributed by atoms with E-state index in [1.54, 1.807) is 13.8 Å². The molecular formula is C16H24O3. The van der Waals surface area contributed by atoms with Crippen LogP contribution in [0.25, 0.3) is 0 Å². The first-order chi connectivity index (χ1) is 8.54. The van der Waals surface area contributed by atoms with Gasteiger partial charge in [-0.05, 0) is 47.1 Å². The second-order valence-corrected chi connectivity index (χ2v) is 6.27. The van der Waals surface area contributed by atoms with Crippen LogP contribution in [0.2, 0.25) is 0 Å². The number of esters is 1. The van der Waals surface area contributed by atoms with Gasteiger partial charge in [-0.25, -0.2) is 0 Å². The number of rotatable bonds is 3. The van der Waals surface area contributed by atoms with Gasteiger partial charge in [-0.15, -0.1) is 0 Å². The van der Waals surface area contributed by atoms with E-state index in [0.717, 1.165) is 11.1 Å². The number of hydrogen-bond acceptors (Lipinski definition) is 3. The van der Waals surface area contributed by atoms with E-state index in [2.05, 4.69) is 0 Å². The summed E-state index contributed by atoms with van der Waals surface area (Å²) in [6.45, 7) is 10.8. The van der Waals surface area contributed by atoms with E-state index in [-0.39, 0.29) is 0 Å². The standard InChI is InChI=1S/C16H24O3/c1-11-7-9-13(10-8-11)16(6,18)12(2)14(17)19-15(3,4)5/h7-10,12,18H,1-6H3. The van der Waals surface area contributed by atoms with Crippen LogP contribution in [0.5, 0.6) is 0 Å². The third kappa shape index (κ3) is 4.06. The fourth-order valence-electron chi connectivity index (χ4n) is 1.76. The van der Waals surface area contributed by atoms with Crippen LogP contribution >= 0.6 is 0 Å². The van der Waals surface area contributed by atoms with E-state index in [1.165, 1.54) is 0 Å². The second kappa shape index (κ2) is 5.33. The van der Waals surface area contributed by atoms with E-state index in [0.29, 0.717) is 0 Å². The van der Waals surface area contributed by atoms with Crippen molar-refractivity contribution in [3.8, 4) is 0 Å². The normalized spacial score (nSPS) is 16.6. The molecule has 0 aliphatic heterocycles. The van der Waals surface area contributed by atoms with E-state index in [4.69, 9.17) is 4.74 Å². The van der Waals surface area contributed by atoms with E-state index >= 15 is 0 Å². The van der Waals surface area contributed by atoms with Crippen LogP contribution in [0.4, 0.5) is 0 Å². The van der Waals surface area contributed by atoms with Gasteiger partial charge in [-0.2, -0.15) is 0 Å². The smallest absolute Gasteiger partial charge is 0.312 e. The lowest BCUT2D eigenvalue weighted by Gasteiger charge is -2.31. The van der Waals surface area contributed by atoms with Gasteiger partial charge in [0.1, 0.15) is 5.60 Å². The Labute approximate surface area is 115 Å². The van der Waals surface area contributed by atoms with Crippen LogP contribution in [0.15, 0.2) is 24.3 Å². The lowest BCUT2D eigenvalue weighted by Crippen LogP contribution is -2.39. The average molecular weight is 264 g/mol. The SMILES string of the molecule is Cc1ccc(C(C)(O)C(C)C(=O)OC(C)(C)C)cc1. The van der Waals surface area contributed by atoms with Crippen molar-refractivity contribution in [1.29, 1.82) is 0 Å². The second-order valence-electron chi connectivity index (χ2n) is 6.27. The summed E-state index contributed by atoms with van der Waals surface area (Å²) in [7, 11) is 0. The van der Waals surface area contributed by atoms with Crippen molar-refractivity contribution in [1.82, 2.24) is 0 Å². The number of aryl methyl sites for hydroxylation is 1. The molecule has 0 saturated carbocycles. The van der Waals surface area contributed by atoms with Crippen molar-refractivity contribution in [2.75, 3.05) is 0 Å². The minimum atomic E-state index is -1.24. The molecule has 1 N–H and O–H groups in total. The monoisotopic (exact) mass is 264 g/mol. The average Bonchev–Trinajstić information content (AvgIpc) is 2.26. The molecule has 3 nitrogen and oxygen atoms in total. The van der Waals surface area contributed by atoms with Gasteiger partial charge in [0.15, 0.2) is 0 Å². The largest absolute Gasteiger partial charge is 0.460 e. The highest BCUT2D eigenvalue weighted by atomic mass is 16.6. The fraction of sp³-hybridized carbons (Fsp3) is 0.562. The number of hydrogen-bond donors (Lipinski definition) is 1. The fourth-order valence-corrected chi connectivity index (χ4v) is 1.76. The van der Waals surface area contributed by atoms with Gasteiger partial charge in [0.2, 0.25) is 0 Å². The zero-order valence-corrected chi connectivity index (χ0v) is 12.7. The topological polar surface area (TPSA) is 46.5 Å². The summed E-state index contributed by atoms with van der Waals surface area (Å²) in [5, 5.41) is 10.6. The summed E-state index contributed by atoms with van der Waals surface area (Å²) in [5.74, 6) is -1.02. The summed E-state index contributed by atoms with van der Waals surface area (Å²) in [6.07, 6.45) is 0. The molecule has 1 aromatic rings. The van der Waals surface area contributed by atoms with Crippen molar-refractivity contribution in [3.63, 3.8) is 0 Å². The van der Waals surface area contributed by atoms with Gasteiger partial charge in [-0.1, -0.05) is 29.8 Å². The van der Waals surface area contributed by atoms with Crippen molar-refractivity contribution >= 4 is 5.97 Å². The number of aliphatic hydroxyl groups is 1. The zero-order valence-electron chi connectivity index (χ0n) is 12.7. The minimum Gasteiger partial charge on any atom is -0.460 e. The molecule has 0 radical (unpaired) electrons. The zero-order chi connectivity index (χ0) is 14.8. The molecule has 0 spiro atoms. The maximum absolute atomic E-state index is 12.1. The highest BCUT2D eigenvalue weighted by molar-refractivity contribution is 5.74. The Balaban J connectivity index is 2.93. The van der Waals surface area contributed by atoms with Gasteiger partial charge in [0.05, 0.1) is 11.5 Å². The molecule has 0 heterocycles. The van der Waals surface area contributed by atoms with E-state index in [1.807, 2.05) is 52.0 Å². The summed E-state index contributed by atoms with van der Waals surface area (Å²) in [5.41, 5.74) is 0.0472. The summed E-state index contributed by atoms with van der Waals surface area (Å²) in [4.78, 5) is 12.1. The van der Waals surface area contributed by atoms with E-state index in [9.17, 15) is 9.90 Å². The molecule has 3 heteroatoms. The van der Waals surface area contributed by atoms with Crippen LogP contribution in [-0.2, 0) is 15.1 Å². The summed E-state index contributed by atoms with van der Waals surface area (Å²) >= 11 is 0. The molecule has 0 fully saturated rings. The van der Waals surface area contributed by atoms with Crippen LogP contribution < -0.4 is 0 Å². The Bertz CT molecular complexity index is 438. The Kier molecular flexibility index (Phi) is 4.41. The maximum atomic E-state index is 12.1. The molecule has 2 unspecified atom stereocenters. The molecule has 0 aliphatic carbocycles. The third-order valence-corrected chi connectivity index (χ3v) is 3.24. The first-order valence-electron chi connectivity index (χ1n) is 6.56. The number of carbonyl (C=O) groups excluding carboxylic acids is 1. The third-order valence-electron chi connectivity index (χ3n) is 3.24. The van der Waals surface area contributed by atoms with Gasteiger partial charge in [-0.3, -0.25) is 4.79 Å². The molecule has 106 valence electrons. The Morgan fingerprint density at radius 1 is 1.16 bits per heavy atom. The van der Waals surface area contributed by atoms with Crippen LogP contribution in [0.3, 0.4) is 0 Å². The predicted molar refractivity (Wildman–Crippen MR) is 75.8 cm³/mol. The summed E-state index contributed by atoms with van der Waals surface area (Å²) in [6, 6.07) is 7.53. The van der Waals surface area contributed by atoms with Crippen molar-refractivity contribution in [3.05, 3.63) is 35.4 Å². The van der Waals surface area contributed by atoms with E-state index < -0.39 is 23.1 Å². The molecule has 0 aromatic heterocycles. The Morgan fingerprint density at radius 3 is 2.05 bits per heavy atom. The highest BCUT2D eigenvalue weighted by Crippen LogP contribution is 2.31. The molecule has 1 rings (SSSR count). The molecule has 1 aromatic carbocycles. The lowest BCUT2D eigenvalue weighted by molar-refractivity contribution is -0.168. The molecule has 0 amide bonds. The molecule has 0 saturated heterocycles. The van der Waals surface area contributed by atoms with Gasteiger partial charge in [0.25, 0.3) is 0 Å². The molecular weight excluding hydrogens is 240 g/mol. The first-order valence-corrected chi connectivity index (χ1v) is 6.56. The number of benzene rings is 1. The minimum absolute atomic E-state index is 0.391. The molecule has 0 bridgehead atoms. The predicted octanol–water partition coefficient (Wildman–Crippen LogP) is 3.18. The lowest BCUT2D eigenvalue weighted by atomic mass is 9.83.